The van der Waals surface area contributed by atoms with Gasteiger partial charge in [0, 0.05) is 0 Å². The Bertz CT molecular complexity index is 1250. The lowest BCUT2D eigenvalue weighted by molar-refractivity contribution is 0.591. The maximum absolute atomic E-state index is 2.43. The highest BCUT2D eigenvalue weighted by Crippen LogP contribution is 2.44. The molecular weight excluding hydrogens is 336 g/mol. The minimum absolute atomic E-state index is 0.130. The van der Waals surface area contributed by atoms with Crippen LogP contribution in [-0.4, -0.2) is 0 Å². The molecule has 140 valence electrons. The summed E-state index contributed by atoms with van der Waals surface area (Å²) in [7, 11) is 0. The van der Waals surface area contributed by atoms with Crippen molar-refractivity contribution in [2.75, 3.05) is 0 Å². The van der Waals surface area contributed by atoms with E-state index in [0.717, 1.165) is 0 Å². The van der Waals surface area contributed by atoms with E-state index in [0.29, 0.717) is 0 Å². The first-order chi connectivity index (χ1) is 13.1. The van der Waals surface area contributed by atoms with Gasteiger partial charge < -0.3 is 0 Å². The molecule has 5 aromatic rings. The third kappa shape index (κ3) is 2.44. The predicted molar refractivity (Wildman–Crippen MR) is 125 cm³/mol. The minimum Gasteiger partial charge on any atom is -0.0616 e. The normalized spacial score (nSPS) is 13.4. The summed E-state index contributed by atoms with van der Waals surface area (Å²) in [6, 6.07) is 23.2. The highest BCUT2D eigenvalue weighted by molar-refractivity contribution is 6.33. The van der Waals surface area contributed by atoms with Gasteiger partial charge in [-0.05, 0) is 77.2 Å². The maximum atomic E-state index is 2.43. The largest absolute Gasteiger partial charge is 0.0616 e. The van der Waals surface area contributed by atoms with E-state index in [1.807, 2.05) is 0 Å². The van der Waals surface area contributed by atoms with Crippen LogP contribution in [0.2, 0.25) is 0 Å². The van der Waals surface area contributed by atoms with Gasteiger partial charge in [0.1, 0.15) is 0 Å². The van der Waals surface area contributed by atoms with E-state index in [9.17, 15) is 0 Å². The van der Waals surface area contributed by atoms with E-state index in [-0.39, 0.29) is 10.8 Å². The fourth-order valence-corrected chi connectivity index (χ4v) is 4.57. The molecule has 0 fully saturated rings. The molecule has 28 heavy (non-hydrogen) atoms. The van der Waals surface area contributed by atoms with Gasteiger partial charge >= 0.3 is 0 Å². The molecule has 0 aliphatic heterocycles. The minimum atomic E-state index is 0.130. The van der Waals surface area contributed by atoms with Crippen LogP contribution in [-0.2, 0) is 10.8 Å². The molecule has 5 aromatic carbocycles. The van der Waals surface area contributed by atoms with Crippen LogP contribution in [0.3, 0.4) is 0 Å². The average molecular weight is 365 g/mol. The number of rotatable bonds is 0. The molecule has 0 heteroatoms. The van der Waals surface area contributed by atoms with Crippen molar-refractivity contribution in [1.29, 1.82) is 0 Å². The van der Waals surface area contributed by atoms with E-state index < -0.39 is 0 Å². The van der Waals surface area contributed by atoms with Crippen LogP contribution >= 0.6 is 0 Å². The number of fused-ring (bicyclic) bond motifs is 3. The standard InChI is InChI=1S/C28H28/c1-27(2,3)19-13-17-11-12-18-14-20(28(4,5)6)16-24-22-10-8-7-9-21(22)23(15-19)25(17)26(18)24/h7-16H,1-6H3. The Hall–Kier alpha value is -2.60. The van der Waals surface area contributed by atoms with E-state index in [2.05, 4.69) is 102 Å². The zero-order valence-corrected chi connectivity index (χ0v) is 17.8. The Balaban J connectivity index is 2.09. The second-order valence-electron chi connectivity index (χ2n) is 10.4. The van der Waals surface area contributed by atoms with Crippen molar-refractivity contribution in [3.05, 3.63) is 71.8 Å². The predicted octanol–water partition coefficient (Wildman–Crippen LogP) is 8.33. The number of hydrogen-bond acceptors (Lipinski definition) is 0. The summed E-state index contributed by atoms with van der Waals surface area (Å²) in [6.45, 7) is 13.8. The molecule has 0 saturated heterocycles. The molecular formula is C28H28. The average Bonchev–Trinajstić information content (AvgIpc) is 2.64. The number of benzene rings is 5. The van der Waals surface area contributed by atoms with E-state index >= 15 is 0 Å². The molecule has 0 saturated carbocycles. The highest BCUT2D eigenvalue weighted by Gasteiger charge is 2.21. The molecule has 0 aliphatic rings. The van der Waals surface area contributed by atoms with Crippen LogP contribution in [0.1, 0.15) is 52.7 Å². The zero-order valence-electron chi connectivity index (χ0n) is 17.8. The Morgan fingerprint density at radius 1 is 0.464 bits per heavy atom. The van der Waals surface area contributed by atoms with Crippen molar-refractivity contribution < 1.29 is 0 Å². The molecule has 0 heterocycles. The fourth-order valence-electron chi connectivity index (χ4n) is 4.57. The van der Waals surface area contributed by atoms with Crippen LogP contribution in [0.4, 0.5) is 0 Å². The van der Waals surface area contributed by atoms with Gasteiger partial charge in [0.15, 0.2) is 0 Å². The van der Waals surface area contributed by atoms with Crippen molar-refractivity contribution in [2.24, 2.45) is 0 Å². The second kappa shape index (κ2) is 5.47. The summed E-state index contributed by atoms with van der Waals surface area (Å²) >= 11 is 0. The third-order valence-electron chi connectivity index (χ3n) is 6.27. The highest BCUT2D eigenvalue weighted by atomic mass is 14.2. The quantitative estimate of drug-likeness (QED) is 0.191. The first kappa shape index (κ1) is 17.5. The summed E-state index contributed by atoms with van der Waals surface area (Å²) < 4.78 is 0. The van der Waals surface area contributed by atoms with Crippen molar-refractivity contribution >= 4 is 43.1 Å². The lowest BCUT2D eigenvalue weighted by atomic mass is 9.80. The Morgan fingerprint density at radius 2 is 0.857 bits per heavy atom. The summed E-state index contributed by atoms with van der Waals surface area (Å²) in [6.07, 6.45) is 0. The van der Waals surface area contributed by atoms with Gasteiger partial charge in [-0.15, -0.1) is 0 Å². The zero-order chi connectivity index (χ0) is 19.8. The van der Waals surface area contributed by atoms with Crippen LogP contribution in [0.25, 0.3) is 43.1 Å². The Kier molecular flexibility index (Phi) is 3.42. The van der Waals surface area contributed by atoms with Crippen LogP contribution < -0.4 is 0 Å². The van der Waals surface area contributed by atoms with Gasteiger partial charge in [0.25, 0.3) is 0 Å². The van der Waals surface area contributed by atoms with Gasteiger partial charge in [0.2, 0.25) is 0 Å². The van der Waals surface area contributed by atoms with Crippen molar-refractivity contribution in [1.82, 2.24) is 0 Å². The van der Waals surface area contributed by atoms with Crippen molar-refractivity contribution in [2.45, 2.75) is 52.4 Å². The number of hydrogen-bond donors (Lipinski definition) is 0. The molecule has 5 rings (SSSR count). The van der Waals surface area contributed by atoms with Gasteiger partial charge in [-0.2, -0.15) is 0 Å². The van der Waals surface area contributed by atoms with Crippen LogP contribution in [0.15, 0.2) is 60.7 Å². The summed E-state index contributed by atoms with van der Waals surface area (Å²) in [4.78, 5) is 0. The Labute approximate surface area is 167 Å². The van der Waals surface area contributed by atoms with Crippen LogP contribution in [0, 0.1) is 0 Å². The molecule has 0 nitrogen and oxygen atoms in total. The maximum Gasteiger partial charge on any atom is -0.00201 e. The molecule has 0 N–H and O–H groups in total. The first-order valence-corrected chi connectivity index (χ1v) is 10.3. The molecule has 0 radical (unpaired) electrons. The van der Waals surface area contributed by atoms with Crippen LogP contribution in [0.5, 0.6) is 0 Å². The SMILES string of the molecule is CC(C)(C)c1cc2ccc3cc(C(C)(C)C)cc4c5ccccc5c(c1)c2c34. The van der Waals surface area contributed by atoms with Crippen molar-refractivity contribution in [3.8, 4) is 0 Å². The Morgan fingerprint density at radius 3 is 1.21 bits per heavy atom. The monoisotopic (exact) mass is 364 g/mol. The fraction of sp³-hybridized carbons (Fsp3) is 0.286. The second-order valence-corrected chi connectivity index (χ2v) is 10.4. The van der Waals surface area contributed by atoms with E-state index in [4.69, 9.17) is 0 Å². The lowest BCUT2D eigenvalue weighted by Crippen LogP contribution is -2.11. The van der Waals surface area contributed by atoms with Crippen molar-refractivity contribution in [3.63, 3.8) is 0 Å². The third-order valence-corrected chi connectivity index (χ3v) is 6.27. The molecule has 0 aliphatic carbocycles. The molecule has 0 bridgehead atoms. The first-order valence-electron chi connectivity index (χ1n) is 10.3. The summed E-state index contributed by atoms with van der Waals surface area (Å²) in [5.74, 6) is 0. The topological polar surface area (TPSA) is 0 Å². The van der Waals surface area contributed by atoms with E-state index in [1.165, 1.54) is 54.2 Å². The smallest absolute Gasteiger partial charge is 0.00201 e. The summed E-state index contributed by atoms with van der Waals surface area (Å²) in [5.41, 5.74) is 3.06. The van der Waals surface area contributed by atoms with Gasteiger partial charge in [-0.25, -0.2) is 0 Å². The molecule has 0 atom stereocenters. The summed E-state index contributed by atoms with van der Waals surface area (Å²) in [5, 5.41) is 11.1. The lowest BCUT2D eigenvalue weighted by Gasteiger charge is -2.24. The van der Waals surface area contributed by atoms with Gasteiger partial charge in [-0.3, -0.25) is 0 Å². The molecule has 0 amide bonds. The van der Waals surface area contributed by atoms with E-state index in [1.54, 1.807) is 0 Å². The molecule has 0 aromatic heterocycles. The van der Waals surface area contributed by atoms with Gasteiger partial charge in [-0.1, -0.05) is 90.1 Å². The molecule has 0 unspecified atom stereocenters. The van der Waals surface area contributed by atoms with Gasteiger partial charge in [0.05, 0.1) is 0 Å². The molecule has 0 spiro atoms.